The van der Waals surface area contributed by atoms with Gasteiger partial charge in [-0.1, -0.05) is 0 Å². The Bertz CT molecular complexity index is 238. The third-order valence-electron chi connectivity index (χ3n) is 4.77. The van der Waals surface area contributed by atoms with Gasteiger partial charge in [-0.3, -0.25) is 0 Å². The molecule has 2 bridgehead atoms. The minimum atomic E-state index is 0.317. The lowest BCUT2D eigenvalue weighted by Gasteiger charge is -2.50. The first-order valence-corrected chi connectivity index (χ1v) is 6.32. The quantitative estimate of drug-likeness (QED) is 0.675. The van der Waals surface area contributed by atoms with Crippen LogP contribution in [0.25, 0.3) is 0 Å². The second kappa shape index (κ2) is 2.75. The maximum Gasteiger partial charge on any atom is 0.0108 e. The third-order valence-corrected chi connectivity index (χ3v) is 4.77. The highest BCUT2D eigenvalue weighted by molar-refractivity contribution is 5.09. The number of hydrogen-bond acceptors (Lipinski definition) is 1. The zero-order valence-electron chi connectivity index (χ0n) is 9.72. The zero-order valence-corrected chi connectivity index (χ0v) is 9.72. The summed E-state index contributed by atoms with van der Waals surface area (Å²) in [5, 5.41) is 3.81. The fraction of sp³-hybridized carbons (Fsp3) is 1.00. The molecule has 1 nitrogen and oxygen atoms in total. The molecule has 3 saturated carbocycles. The van der Waals surface area contributed by atoms with Gasteiger partial charge in [0.1, 0.15) is 0 Å². The summed E-state index contributed by atoms with van der Waals surface area (Å²) in [5.41, 5.74) is 0.317. The molecule has 3 rings (SSSR count). The third kappa shape index (κ3) is 1.25. The molecule has 0 radical (unpaired) electrons. The van der Waals surface area contributed by atoms with Gasteiger partial charge in [-0.25, -0.2) is 0 Å². The second-order valence-corrected chi connectivity index (χ2v) is 6.81. The first-order chi connectivity index (χ1) is 6.54. The summed E-state index contributed by atoms with van der Waals surface area (Å²) in [6.07, 6.45) is 6.13. The van der Waals surface area contributed by atoms with Crippen molar-refractivity contribution in [2.75, 3.05) is 0 Å². The molecule has 3 fully saturated rings. The highest BCUT2D eigenvalue weighted by Gasteiger charge is 2.57. The Morgan fingerprint density at radius 3 is 2.36 bits per heavy atom. The minimum Gasteiger partial charge on any atom is -0.309 e. The normalized spacial score (nSPS) is 50.4. The van der Waals surface area contributed by atoms with E-state index >= 15 is 0 Å². The molecule has 0 aromatic carbocycles. The first kappa shape index (κ1) is 9.21. The lowest BCUT2D eigenvalue weighted by Crippen LogP contribution is -2.57. The standard InChI is InChI=1S/C13H23N/c1-13(2,3)14-11-7-10-8-4-5-9(6-8)12(10)11/h8-12,14H,4-7H2,1-3H3/t8?,9?,10-,11-,12+/m1/s1. The van der Waals surface area contributed by atoms with E-state index < -0.39 is 0 Å². The molecule has 14 heavy (non-hydrogen) atoms. The van der Waals surface area contributed by atoms with Crippen molar-refractivity contribution in [1.82, 2.24) is 5.32 Å². The molecule has 0 aliphatic heterocycles. The van der Waals surface area contributed by atoms with Crippen molar-refractivity contribution in [3.05, 3.63) is 0 Å². The van der Waals surface area contributed by atoms with Gasteiger partial charge >= 0.3 is 0 Å². The van der Waals surface area contributed by atoms with Crippen LogP contribution in [0.5, 0.6) is 0 Å². The van der Waals surface area contributed by atoms with Crippen LogP contribution in [-0.2, 0) is 0 Å². The molecule has 0 saturated heterocycles. The Balaban J connectivity index is 1.66. The maximum atomic E-state index is 3.81. The van der Waals surface area contributed by atoms with E-state index in [0.717, 1.165) is 29.7 Å². The van der Waals surface area contributed by atoms with Gasteiger partial charge in [-0.15, -0.1) is 0 Å². The average molecular weight is 193 g/mol. The highest BCUT2D eigenvalue weighted by Crippen LogP contribution is 2.61. The Labute approximate surface area is 87.7 Å². The van der Waals surface area contributed by atoms with Crippen LogP contribution in [-0.4, -0.2) is 11.6 Å². The summed E-state index contributed by atoms with van der Waals surface area (Å²) >= 11 is 0. The van der Waals surface area contributed by atoms with Crippen LogP contribution in [0.4, 0.5) is 0 Å². The van der Waals surface area contributed by atoms with E-state index in [0.29, 0.717) is 5.54 Å². The van der Waals surface area contributed by atoms with Crippen LogP contribution in [0.3, 0.4) is 0 Å². The Morgan fingerprint density at radius 2 is 1.71 bits per heavy atom. The fourth-order valence-corrected chi connectivity index (χ4v) is 4.40. The van der Waals surface area contributed by atoms with Gasteiger partial charge in [0.25, 0.3) is 0 Å². The van der Waals surface area contributed by atoms with Gasteiger partial charge in [0.15, 0.2) is 0 Å². The molecular formula is C13H23N. The summed E-state index contributed by atoms with van der Waals surface area (Å²) in [5.74, 6) is 4.41. The fourth-order valence-electron chi connectivity index (χ4n) is 4.40. The van der Waals surface area contributed by atoms with Crippen LogP contribution in [0.2, 0.25) is 0 Å². The predicted octanol–water partition coefficient (Wildman–Crippen LogP) is 2.81. The average Bonchev–Trinajstić information content (AvgIpc) is 2.53. The second-order valence-electron chi connectivity index (χ2n) is 6.81. The van der Waals surface area contributed by atoms with E-state index in [9.17, 15) is 0 Å². The molecular weight excluding hydrogens is 170 g/mol. The van der Waals surface area contributed by atoms with Crippen molar-refractivity contribution >= 4 is 0 Å². The predicted molar refractivity (Wildman–Crippen MR) is 59.1 cm³/mol. The SMILES string of the molecule is CC(C)(C)N[C@@H]1C[C@@H]2C3CCC(C3)[C@@H]21. The summed E-state index contributed by atoms with van der Waals surface area (Å²) in [6.45, 7) is 6.90. The van der Waals surface area contributed by atoms with Crippen molar-refractivity contribution in [3.8, 4) is 0 Å². The van der Waals surface area contributed by atoms with Gasteiger partial charge in [-0.2, -0.15) is 0 Å². The summed E-state index contributed by atoms with van der Waals surface area (Å²) in [7, 11) is 0. The molecule has 0 heterocycles. The number of fused-ring (bicyclic) bond motifs is 5. The lowest BCUT2D eigenvalue weighted by atomic mass is 9.62. The number of rotatable bonds is 1. The first-order valence-electron chi connectivity index (χ1n) is 6.32. The van der Waals surface area contributed by atoms with Gasteiger partial charge in [0.05, 0.1) is 0 Å². The van der Waals surface area contributed by atoms with Gasteiger partial charge < -0.3 is 5.32 Å². The molecule has 1 heteroatoms. The molecule has 80 valence electrons. The Kier molecular flexibility index (Phi) is 1.81. The van der Waals surface area contributed by atoms with Gasteiger partial charge in [0, 0.05) is 11.6 Å². The summed E-state index contributed by atoms with van der Waals surface area (Å²) < 4.78 is 0. The van der Waals surface area contributed by atoms with Crippen LogP contribution < -0.4 is 5.32 Å². The molecule has 3 aliphatic rings. The molecule has 0 aromatic rings. The minimum absolute atomic E-state index is 0.317. The van der Waals surface area contributed by atoms with E-state index in [1.165, 1.54) is 12.8 Å². The molecule has 5 atom stereocenters. The number of nitrogens with one attached hydrogen (secondary N) is 1. The van der Waals surface area contributed by atoms with E-state index in [2.05, 4.69) is 26.1 Å². The smallest absolute Gasteiger partial charge is 0.0108 e. The van der Waals surface area contributed by atoms with E-state index in [-0.39, 0.29) is 0 Å². The number of hydrogen-bond donors (Lipinski definition) is 1. The monoisotopic (exact) mass is 193 g/mol. The zero-order chi connectivity index (χ0) is 9.92. The maximum absolute atomic E-state index is 3.81. The van der Waals surface area contributed by atoms with E-state index in [1.54, 1.807) is 12.8 Å². The van der Waals surface area contributed by atoms with Crippen molar-refractivity contribution in [2.24, 2.45) is 23.7 Å². The van der Waals surface area contributed by atoms with Crippen molar-refractivity contribution in [3.63, 3.8) is 0 Å². The van der Waals surface area contributed by atoms with E-state index in [4.69, 9.17) is 0 Å². The molecule has 0 aromatic heterocycles. The van der Waals surface area contributed by atoms with Crippen LogP contribution >= 0.6 is 0 Å². The highest BCUT2D eigenvalue weighted by atomic mass is 15.0. The lowest BCUT2D eigenvalue weighted by molar-refractivity contribution is 0.0354. The topological polar surface area (TPSA) is 12.0 Å². The Morgan fingerprint density at radius 1 is 1.00 bits per heavy atom. The van der Waals surface area contributed by atoms with Crippen molar-refractivity contribution in [2.45, 2.75) is 58.0 Å². The molecule has 2 unspecified atom stereocenters. The molecule has 0 spiro atoms. The van der Waals surface area contributed by atoms with E-state index in [1.807, 2.05) is 0 Å². The van der Waals surface area contributed by atoms with Crippen molar-refractivity contribution < 1.29 is 0 Å². The largest absolute Gasteiger partial charge is 0.309 e. The van der Waals surface area contributed by atoms with Crippen LogP contribution in [0.15, 0.2) is 0 Å². The van der Waals surface area contributed by atoms with Crippen molar-refractivity contribution in [1.29, 1.82) is 0 Å². The van der Waals surface area contributed by atoms with Gasteiger partial charge in [-0.05, 0) is 70.1 Å². The summed E-state index contributed by atoms with van der Waals surface area (Å²) in [4.78, 5) is 0. The molecule has 3 aliphatic carbocycles. The van der Waals surface area contributed by atoms with Crippen LogP contribution in [0, 0.1) is 23.7 Å². The molecule has 0 amide bonds. The van der Waals surface area contributed by atoms with Gasteiger partial charge in [0.2, 0.25) is 0 Å². The van der Waals surface area contributed by atoms with Crippen LogP contribution in [0.1, 0.15) is 46.5 Å². The summed E-state index contributed by atoms with van der Waals surface area (Å²) in [6, 6.07) is 0.857. The Hall–Kier alpha value is -0.0400. The molecule has 1 N–H and O–H groups in total.